The van der Waals surface area contributed by atoms with E-state index in [1.807, 2.05) is 0 Å². The van der Waals surface area contributed by atoms with Crippen molar-refractivity contribution in [3.63, 3.8) is 0 Å². The fraction of sp³-hybridized carbons (Fsp3) is 0.857. The Balaban J connectivity index is 1.98. The number of hydrogen-bond acceptors (Lipinski definition) is 3. The van der Waals surface area contributed by atoms with Gasteiger partial charge in [0, 0.05) is 6.61 Å². The van der Waals surface area contributed by atoms with Crippen molar-refractivity contribution in [2.45, 2.75) is 18.9 Å². The summed E-state index contributed by atoms with van der Waals surface area (Å²) < 4.78 is 10.1. The Hall–Kier alpha value is -0.610. The van der Waals surface area contributed by atoms with E-state index >= 15 is 0 Å². The maximum atomic E-state index is 10.0. The first-order valence-corrected chi connectivity index (χ1v) is 3.70. The van der Waals surface area contributed by atoms with Gasteiger partial charge in [-0.1, -0.05) is 0 Å². The summed E-state index contributed by atoms with van der Waals surface area (Å²) in [6.45, 7) is 0.966. The molecule has 0 aliphatic carbocycles. The zero-order chi connectivity index (χ0) is 8.10. The summed E-state index contributed by atoms with van der Waals surface area (Å²) in [7, 11) is 0. The molecular formula is C7H12O4. The van der Waals surface area contributed by atoms with Crippen LogP contribution in [0.3, 0.4) is 0 Å². The van der Waals surface area contributed by atoms with Crippen molar-refractivity contribution in [3.8, 4) is 0 Å². The zero-order valence-corrected chi connectivity index (χ0v) is 6.28. The van der Waals surface area contributed by atoms with Gasteiger partial charge < -0.3 is 14.6 Å². The first-order chi connectivity index (χ1) is 5.29. The predicted molar refractivity (Wildman–Crippen MR) is 37.4 cm³/mol. The number of hydrogen-bond donors (Lipinski definition) is 1. The molecule has 0 radical (unpaired) electrons. The van der Waals surface area contributed by atoms with Crippen LogP contribution in [0.5, 0.6) is 0 Å². The molecule has 0 unspecified atom stereocenters. The molecule has 1 atom stereocenters. The molecule has 4 heteroatoms. The molecule has 1 aliphatic heterocycles. The Bertz CT molecular complexity index is 128. The van der Waals surface area contributed by atoms with Gasteiger partial charge in [0.1, 0.15) is 6.61 Å². The van der Waals surface area contributed by atoms with Crippen molar-refractivity contribution in [1.82, 2.24) is 0 Å². The molecule has 0 bridgehead atoms. The largest absolute Gasteiger partial charge is 0.480 e. The lowest BCUT2D eigenvalue weighted by atomic mass is 10.2. The van der Waals surface area contributed by atoms with Crippen LogP contribution in [-0.2, 0) is 14.3 Å². The van der Waals surface area contributed by atoms with E-state index in [1.165, 1.54) is 0 Å². The van der Waals surface area contributed by atoms with Gasteiger partial charge in [0.15, 0.2) is 0 Å². The summed E-state index contributed by atoms with van der Waals surface area (Å²) in [5, 5.41) is 8.22. The Morgan fingerprint density at radius 1 is 1.73 bits per heavy atom. The molecule has 1 rings (SSSR count). The summed E-state index contributed by atoms with van der Waals surface area (Å²) in [5.74, 6) is -0.928. The highest BCUT2D eigenvalue weighted by Gasteiger charge is 2.15. The van der Waals surface area contributed by atoms with Crippen LogP contribution in [0.25, 0.3) is 0 Å². The first-order valence-electron chi connectivity index (χ1n) is 3.70. The van der Waals surface area contributed by atoms with Crippen molar-refractivity contribution < 1.29 is 19.4 Å². The molecule has 1 fully saturated rings. The van der Waals surface area contributed by atoms with E-state index in [2.05, 4.69) is 0 Å². The number of rotatable bonds is 4. The lowest BCUT2D eigenvalue weighted by molar-refractivity contribution is -0.143. The molecule has 1 N–H and O–H groups in total. The molecule has 1 aliphatic rings. The van der Waals surface area contributed by atoms with E-state index in [9.17, 15) is 4.79 Å². The fourth-order valence-electron chi connectivity index (χ4n) is 1.05. The maximum absolute atomic E-state index is 10.0. The maximum Gasteiger partial charge on any atom is 0.329 e. The van der Waals surface area contributed by atoms with Crippen molar-refractivity contribution >= 4 is 5.97 Å². The van der Waals surface area contributed by atoms with Gasteiger partial charge in [-0.05, 0) is 12.8 Å². The van der Waals surface area contributed by atoms with E-state index in [1.54, 1.807) is 0 Å². The highest BCUT2D eigenvalue weighted by Crippen LogP contribution is 2.11. The molecule has 0 amide bonds. The first kappa shape index (κ1) is 8.49. The molecule has 64 valence electrons. The average molecular weight is 160 g/mol. The Morgan fingerprint density at radius 3 is 3.09 bits per heavy atom. The number of carbonyl (C=O) groups is 1. The van der Waals surface area contributed by atoms with Gasteiger partial charge in [-0.15, -0.1) is 0 Å². The molecule has 1 saturated heterocycles. The number of ether oxygens (including phenoxy) is 2. The summed E-state index contributed by atoms with van der Waals surface area (Å²) in [6, 6.07) is 0. The Kier molecular flexibility index (Phi) is 3.32. The Morgan fingerprint density at radius 2 is 2.55 bits per heavy atom. The fourth-order valence-corrected chi connectivity index (χ4v) is 1.05. The van der Waals surface area contributed by atoms with Gasteiger partial charge in [-0.3, -0.25) is 0 Å². The highest BCUT2D eigenvalue weighted by atomic mass is 16.5. The van der Waals surface area contributed by atoms with E-state index in [0.29, 0.717) is 6.61 Å². The van der Waals surface area contributed by atoms with Crippen molar-refractivity contribution in [2.24, 2.45) is 0 Å². The summed E-state index contributed by atoms with van der Waals surface area (Å²) >= 11 is 0. The minimum Gasteiger partial charge on any atom is -0.480 e. The van der Waals surface area contributed by atoms with Crippen LogP contribution in [0.15, 0.2) is 0 Å². The molecule has 4 nitrogen and oxygen atoms in total. The lowest BCUT2D eigenvalue weighted by Crippen LogP contribution is -2.17. The lowest BCUT2D eigenvalue weighted by Gasteiger charge is -2.07. The summed E-state index contributed by atoms with van der Waals surface area (Å²) in [5.41, 5.74) is 0. The van der Waals surface area contributed by atoms with Gasteiger partial charge in [0.05, 0.1) is 12.7 Å². The number of carboxylic acid groups (broad SMARTS) is 1. The minimum absolute atomic E-state index is 0.120. The quantitative estimate of drug-likeness (QED) is 0.641. The standard InChI is InChI=1S/C7H12O4/c8-7(9)5-10-4-6-2-1-3-11-6/h6H,1-5H2,(H,8,9)/t6-/m0/s1. The van der Waals surface area contributed by atoms with Crippen molar-refractivity contribution in [1.29, 1.82) is 0 Å². The van der Waals surface area contributed by atoms with E-state index in [4.69, 9.17) is 14.6 Å². The highest BCUT2D eigenvalue weighted by molar-refractivity contribution is 5.67. The molecule has 11 heavy (non-hydrogen) atoms. The van der Waals surface area contributed by atoms with Crippen molar-refractivity contribution in [3.05, 3.63) is 0 Å². The van der Waals surface area contributed by atoms with Crippen molar-refractivity contribution in [2.75, 3.05) is 19.8 Å². The molecular weight excluding hydrogens is 148 g/mol. The van der Waals surface area contributed by atoms with Gasteiger partial charge >= 0.3 is 5.97 Å². The molecule has 0 aromatic rings. The van der Waals surface area contributed by atoms with Gasteiger partial charge in [-0.25, -0.2) is 4.79 Å². The van der Waals surface area contributed by atoms with Crippen LogP contribution in [0.2, 0.25) is 0 Å². The average Bonchev–Trinajstić information content (AvgIpc) is 2.39. The number of aliphatic carboxylic acids is 1. The minimum atomic E-state index is -0.928. The Labute approximate surface area is 65.1 Å². The predicted octanol–water partition coefficient (Wildman–Crippen LogP) is 0.267. The third-order valence-corrected chi connectivity index (χ3v) is 1.55. The van der Waals surface area contributed by atoms with Crippen LogP contribution in [-0.4, -0.2) is 37.0 Å². The molecule has 0 saturated carbocycles. The molecule has 1 heterocycles. The van der Waals surface area contributed by atoms with Gasteiger partial charge in [-0.2, -0.15) is 0 Å². The van der Waals surface area contributed by atoms with Crippen LogP contribution in [0.1, 0.15) is 12.8 Å². The summed E-state index contributed by atoms with van der Waals surface area (Å²) in [6.07, 6.45) is 2.16. The third kappa shape index (κ3) is 3.34. The second-order valence-corrected chi connectivity index (χ2v) is 2.54. The monoisotopic (exact) mass is 160 g/mol. The van der Waals surface area contributed by atoms with E-state index in [0.717, 1.165) is 19.4 Å². The molecule has 0 spiro atoms. The number of carboxylic acids is 1. The van der Waals surface area contributed by atoms with Crippen LogP contribution in [0.4, 0.5) is 0 Å². The second-order valence-electron chi connectivity index (χ2n) is 2.54. The third-order valence-electron chi connectivity index (χ3n) is 1.55. The second kappa shape index (κ2) is 4.31. The van der Waals surface area contributed by atoms with Gasteiger partial charge in [0.25, 0.3) is 0 Å². The van der Waals surface area contributed by atoms with Crippen LogP contribution < -0.4 is 0 Å². The topological polar surface area (TPSA) is 55.8 Å². The zero-order valence-electron chi connectivity index (χ0n) is 6.28. The SMILES string of the molecule is O=C(O)COC[C@@H]1CCCO1. The smallest absolute Gasteiger partial charge is 0.329 e. The molecule has 0 aromatic carbocycles. The molecule has 0 aromatic heterocycles. The van der Waals surface area contributed by atoms with Crippen LogP contribution >= 0.6 is 0 Å². The van der Waals surface area contributed by atoms with E-state index < -0.39 is 5.97 Å². The van der Waals surface area contributed by atoms with E-state index in [-0.39, 0.29) is 12.7 Å². The summed E-state index contributed by atoms with van der Waals surface area (Å²) in [4.78, 5) is 10.0. The normalized spacial score (nSPS) is 23.8. The van der Waals surface area contributed by atoms with Gasteiger partial charge in [0.2, 0.25) is 0 Å². The van der Waals surface area contributed by atoms with Crippen LogP contribution in [0, 0.1) is 0 Å².